The van der Waals surface area contributed by atoms with Crippen molar-refractivity contribution in [2.24, 2.45) is 7.05 Å². The van der Waals surface area contributed by atoms with Crippen LogP contribution in [0.5, 0.6) is 11.5 Å². The van der Waals surface area contributed by atoms with Crippen molar-refractivity contribution in [3.63, 3.8) is 0 Å². The van der Waals surface area contributed by atoms with Gasteiger partial charge in [-0.05, 0) is 47.9 Å². The Bertz CT molecular complexity index is 1180. The lowest BCUT2D eigenvalue weighted by Gasteiger charge is -2.29. The number of amides is 1. The van der Waals surface area contributed by atoms with E-state index in [2.05, 4.69) is 17.6 Å². The minimum Gasteiger partial charge on any atom is -0.488 e. The molecular formula is C25H25N3O4. The highest BCUT2D eigenvalue weighted by atomic mass is 16.5. The van der Waals surface area contributed by atoms with Gasteiger partial charge >= 0.3 is 0 Å². The molecule has 0 bridgehead atoms. The molecule has 0 saturated heterocycles. The van der Waals surface area contributed by atoms with Gasteiger partial charge in [0.05, 0.1) is 17.5 Å². The van der Waals surface area contributed by atoms with Crippen LogP contribution in [0, 0.1) is 0 Å². The molecule has 0 saturated carbocycles. The first kappa shape index (κ1) is 21.4. The molecule has 0 unspecified atom stereocenters. The third-order valence-electron chi connectivity index (χ3n) is 5.36. The Balaban J connectivity index is 1.41. The highest BCUT2D eigenvalue weighted by molar-refractivity contribution is 5.94. The first-order valence-electron chi connectivity index (χ1n) is 10.4. The number of carbonyl (C=O) groups is 1. The van der Waals surface area contributed by atoms with Crippen molar-refractivity contribution in [3.05, 3.63) is 100 Å². The van der Waals surface area contributed by atoms with Crippen molar-refractivity contribution in [2.45, 2.75) is 19.6 Å². The van der Waals surface area contributed by atoms with E-state index >= 15 is 0 Å². The second kappa shape index (κ2) is 9.51. The number of fused-ring (bicyclic) bond motifs is 1. The Morgan fingerprint density at radius 2 is 1.97 bits per heavy atom. The van der Waals surface area contributed by atoms with Gasteiger partial charge in [0.2, 0.25) is 5.56 Å². The molecule has 32 heavy (non-hydrogen) atoms. The second-order valence-electron chi connectivity index (χ2n) is 7.65. The summed E-state index contributed by atoms with van der Waals surface area (Å²) in [5.74, 6) is 1.33. The van der Waals surface area contributed by atoms with Gasteiger partial charge in [0.1, 0.15) is 24.7 Å². The molecule has 7 heteroatoms. The first-order valence-corrected chi connectivity index (χ1v) is 10.4. The van der Waals surface area contributed by atoms with Gasteiger partial charge in [0.25, 0.3) is 5.91 Å². The molecule has 3 aromatic rings. The molecule has 1 aliphatic heterocycles. The molecule has 0 radical (unpaired) electrons. The quantitative estimate of drug-likeness (QED) is 0.538. The minimum absolute atomic E-state index is 0.0828. The van der Waals surface area contributed by atoms with E-state index in [9.17, 15) is 9.59 Å². The third kappa shape index (κ3) is 4.88. The molecule has 164 valence electrons. The van der Waals surface area contributed by atoms with Crippen LogP contribution in [0.3, 0.4) is 0 Å². The van der Waals surface area contributed by atoms with E-state index in [-0.39, 0.29) is 11.5 Å². The summed E-state index contributed by atoms with van der Waals surface area (Å²) >= 11 is 0. The van der Waals surface area contributed by atoms with Gasteiger partial charge in [0.15, 0.2) is 0 Å². The van der Waals surface area contributed by atoms with Crippen LogP contribution >= 0.6 is 0 Å². The number of rotatable bonds is 7. The fourth-order valence-corrected chi connectivity index (χ4v) is 3.59. The van der Waals surface area contributed by atoms with Gasteiger partial charge in [-0.25, -0.2) is 0 Å². The molecule has 4 rings (SSSR count). The van der Waals surface area contributed by atoms with E-state index in [4.69, 9.17) is 9.47 Å². The lowest BCUT2D eigenvalue weighted by atomic mass is 9.99. The van der Waals surface area contributed by atoms with Crippen LogP contribution in [0.4, 0.5) is 0 Å². The van der Waals surface area contributed by atoms with E-state index in [0.29, 0.717) is 37.6 Å². The Kier molecular flexibility index (Phi) is 6.35. The molecule has 1 aliphatic rings. The molecule has 3 heterocycles. The fraction of sp³-hybridized carbons (Fsp3) is 0.240. The normalized spacial score (nSPS) is 12.7. The zero-order valence-corrected chi connectivity index (χ0v) is 18.0. The molecule has 0 atom stereocenters. The van der Waals surface area contributed by atoms with E-state index in [1.807, 2.05) is 24.3 Å². The second-order valence-corrected chi connectivity index (χ2v) is 7.65. The molecule has 0 spiro atoms. The van der Waals surface area contributed by atoms with Crippen molar-refractivity contribution < 1.29 is 14.3 Å². The highest BCUT2D eigenvalue weighted by Crippen LogP contribution is 2.25. The largest absolute Gasteiger partial charge is 0.488 e. The lowest BCUT2D eigenvalue weighted by molar-refractivity contribution is 0.0733. The number of nitrogens with zero attached hydrogens (tertiary/aromatic N) is 3. The summed E-state index contributed by atoms with van der Waals surface area (Å²) in [5, 5.41) is 0. The predicted octanol–water partition coefficient (Wildman–Crippen LogP) is 3.12. The van der Waals surface area contributed by atoms with Crippen LogP contribution in [0.1, 0.15) is 27.2 Å². The van der Waals surface area contributed by atoms with Gasteiger partial charge in [-0.2, -0.15) is 0 Å². The summed E-state index contributed by atoms with van der Waals surface area (Å²) < 4.78 is 12.8. The Morgan fingerprint density at radius 3 is 2.72 bits per heavy atom. The summed E-state index contributed by atoms with van der Waals surface area (Å²) in [7, 11) is 1.64. The van der Waals surface area contributed by atoms with Crippen molar-refractivity contribution in [1.29, 1.82) is 0 Å². The first-order chi connectivity index (χ1) is 15.5. The number of pyridine rings is 2. The molecule has 0 N–H and O–H groups in total. The SMILES string of the molecule is C=CCOc1ccc(COc2ccc3c(c2)CN(C(=O)c2ccc(=O)n(C)c2)CC3)nc1. The topological polar surface area (TPSA) is 73.7 Å². The molecule has 1 aromatic carbocycles. The maximum Gasteiger partial charge on any atom is 0.255 e. The van der Waals surface area contributed by atoms with Crippen LogP contribution in [-0.4, -0.2) is 33.5 Å². The van der Waals surface area contributed by atoms with Crippen molar-refractivity contribution in [1.82, 2.24) is 14.5 Å². The number of ether oxygens (including phenoxy) is 2. The third-order valence-corrected chi connectivity index (χ3v) is 5.36. The smallest absolute Gasteiger partial charge is 0.255 e. The fourth-order valence-electron chi connectivity index (χ4n) is 3.59. The number of aryl methyl sites for hydroxylation is 1. The number of hydrogen-bond acceptors (Lipinski definition) is 5. The molecule has 2 aromatic heterocycles. The van der Waals surface area contributed by atoms with Crippen LogP contribution in [0.2, 0.25) is 0 Å². The zero-order valence-electron chi connectivity index (χ0n) is 18.0. The van der Waals surface area contributed by atoms with E-state index in [0.717, 1.165) is 23.4 Å². The van der Waals surface area contributed by atoms with Gasteiger partial charge in [0, 0.05) is 32.4 Å². The Labute approximate surface area is 186 Å². The zero-order chi connectivity index (χ0) is 22.5. The van der Waals surface area contributed by atoms with Crippen LogP contribution in [0.15, 0.2) is 72.3 Å². The maximum atomic E-state index is 12.9. The molecule has 7 nitrogen and oxygen atoms in total. The summed E-state index contributed by atoms with van der Waals surface area (Å²) in [6.45, 7) is 5.54. The van der Waals surface area contributed by atoms with Crippen molar-refractivity contribution >= 4 is 5.91 Å². The molecular weight excluding hydrogens is 406 g/mol. The number of aromatic nitrogens is 2. The van der Waals surface area contributed by atoms with Gasteiger partial charge < -0.3 is 18.9 Å². The monoisotopic (exact) mass is 431 g/mol. The Morgan fingerprint density at radius 1 is 1.12 bits per heavy atom. The summed E-state index contributed by atoms with van der Waals surface area (Å²) in [6, 6.07) is 12.7. The van der Waals surface area contributed by atoms with E-state index in [1.54, 1.807) is 36.5 Å². The molecule has 0 aliphatic carbocycles. The summed E-state index contributed by atoms with van der Waals surface area (Å²) in [5.41, 5.74) is 3.44. The average Bonchev–Trinajstić information content (AvgIpc) is 2.82. The number of hydrogen-bond donors (Lipinski definition) is 0. The maximum absolute atomic E-state index is 12.9. The predicted molar refractivity (Wildman–Crippen MR) is 121 cm³/mol. The molecule has 0 fully saturated rings. The standard InChI is InChI=1S/C25H25N3O4/c1-3-12-31-23-8-6-21(26-14-23)17-32-22-7-4-18-10-11-28(16-20(18)13-22)25(30)19-5-9-24(29)27(2)15-19/h3-9,13-15H,1,10-12,16-17H2,2H3. The van der Waals surface area contributed by atoms with Crippen LogP contribution in [-0.2, 0) is 26.6 Å². The average molecular weight is 431 g/mol. The Hall–Kier alpha value is -3.87. The van der Waals surface area contributed by atoms with Crippen LogP contribution in [0.25, 0.3) is 0 Å². The van der Waals surface area contributed by atoms with Gasteiger partial charge in [-0.1, -0.05) is 18.7 Å². The van der Waals surface area contributed by atoms with Crippen molar-refractivity contribution in [3.8, 4) is 11.5 Å². The highest BCUT2D eigenvalue weighted by Gasteiger charge is 2.22. The van der Waals surface area contributed by atoms with Gasteiger partial charge in [-0.15, -0.1) is 0 Å². The van der Waals surface area contributed by atoms with Crippen LogP contribution < -0.4 is 15.0 Å². The summed E-state index contributed by atoms with van der Waals surface area (Å²) in [4.78, 5) is 30.7. The summed E-state index contributed by atoms with van der Waals surface area (Å²) in [6.07, 6.45) is 5.71. The van der Waals surface area contributed by atoms with Crippen molar-refractivity contribution in [2.75, 3.05) is 13.2 Å². The lowest BCUT2D eigenvalue weighted by Crippen LogP contribution is -2.36. The molecule has 1 amide bonds. The number of carbonyl (C=O) groups excluding carboxylic acids is 1. The van der Waals surface area contributed by atoms with E-state index < -0.39 is 0 Å². The van der Waals surface area contributed by atoms with E-state index in [1.165, 1.54) is 16.2 Å². The van der Waals surface area contributed by atoms with Gasteiger partial charge in [-0.3, -0.25) is 14.6 Å². The minimum atomic E-state index is -0.138. The number of benzene rings is 1.